The number of nitrogens with one attached hydrogen (secondary N) is 1. The van der Waals surface area contributed by atoms with Crippen LogP contribution in [-0.4, -0.2) is 45.1 Å². The van der Waals surface area contributed by atoms with Crippen LogP contribution in [0.2, 0.25) is 0 Å². The lowest BCUT2D eigenvalue weighted by Gasteiger charge is -2.07. The van der Waals surface area contributed by atoms with Gasteiger partial charge < -0.3 is 19.5 Å². The molecule has 0 aliphatic rings. The lowest BCUT2D eigenvalue weighted by Crippen LogP contribution is -2.06. The van der Waals surface area contributed by atoms with Crippen molar-refractivity contribution in [3.05, 3.63) is 23.9 Å². The molecule has 1 N–H and O–H groups in total. The number of hydrogen-bond acceptors (Lipinski definition) is 5. The molecule has 1 aromatic rings. The molecule has 0 fully saturated rings. The summed E-state index contributed by atoms with van der Waals surface area (Å²) in [5.41, 5.74) is 1.09. The Labute approximate surface area is 121 Å². The highest BCUT2D eigenvalue weighted by Crippen LogP contribution is 2.06. The fraction of sp³-hybridized carbons (Fsp3) is 0.667. The first-order valence-corrected chi connectivity index (χ1v) is 7.20. The van der Waals surface area contributed by atoms with Gasteiger partial charge in [-0.1, -0.05) is 13.0 Å². The molecule has 0 unspecified atom stereocenters. The van der Waals surface area contributed by atoms with Gasteiger partial charge in [0.15, 0.2) is 0 Å². The molecule has 0 aliphatic heterocycles. The highest BCUT2D eigenvalue weighted by Gasteiger charge is 1.96. The number of rotatable bonds is 12. The molecule has 1 aromatic heterocycles. The van der Waals surface area contributed by atoms with Gasteiger partial charge in [-0.15, -0.1) is 0 Å². The van der Waals surface area contributed by atoms with E-state index in [1.165, 1.54) is 0 Å². The van der Waals surface area contributed by atoms with Gasteiger partial charge in [0.2, 0.25) is 0 Å². The normalized spacial score (nSPS) is 10.7. The standard InChI is InChI=1S/C15H26N2O3/c1-3-7-16-15-6-5-14(12-17-15)13-20-9-4-8-19-11-10-18-2/h5-6,12H,3-4,7-11,13H2,1-2H3,(H,16,17). The summed E-state index contributed by atoms with van der Waals surface area (Å²) < 4.78 is 15.8. The second-order valence-corrected chi connectivity index (χ2v) is 4.49. The summed E-state index contributed by atoms with van der Waals surface area (Å²) in [5.74, 6) is 0.919. The summed E-state index contributed by atoms with van der Waals surface area (Å²) >= 11 is 0. The van der Waals surface area contributed by atoms with Crippen molar-refractivity contribution in [3.63, 3.8) is 0 Å². The molecular formula is C15H26N2O3. The minimum atomic E-state index is 0.596. The van der Waals surface area contributed by atoms with Gasteiger partial charge in [0, 0.05) is 33.1 Å². The maximum absolute atomic E-state index is 5.58. The molecule has 0 amide bonds. The van der Waals surface area contributed by atoms with Gasteiger partial charge in [-0.05, 0) is 24.5 Å². The SMILES string of the molecule is CCCNc1ccc(COCCCOCCOC)cn1. The molecule has 5 nitrogen and oxygen atoms in total. The number of nitrogens with zero attached hydrogens (tertiary/aromatic N) is 1. The van der Waals surface area contributed by atoms with Crippen molar-refractivity contribution in [1.82, 2.24) is 4.98 Å². The van der Waals surface area contributed by atoms with Crippen LogP contribution in [0.25, 0.3) is 0 Å². The van der Waals surface area contributed by atoms with E-state index < -0.39 is 0 Å². The Bertz CT molecular complexity index is 330. The highest BCUT2D eigenvalue weighted by atomic mass is 16.5. The van der Waals surface area contributed by atoms with Gasteiger partial charge in [0.25, 0.3) is 0 Å². The maximum Gasteiger partial charge on any atom is 0.125 e. The van der Waals surface area contributed by atoms with E-state index in [4.69, 9.17) is 14.2 Å². The van der Waals surface area contributed by atoms with E-state index in [2.05, 4.69) is 17.2 Å². The Morgan fingerprint density at radius 1 is 1.10 bits per heavy atom. The van der Waals surface area contributed by atoms with Crippen molar-refractivity contribution < 1.29 is 14.2 Å². The number of ether oxygens (including phenoxy) is 3. The van der Waals surface area contributed by atoms with E-state index >= 15 is 0 Å². The average Bonchev–Trinajstić information content (AvgIpc) is 2.49. The lowest BCUT2D eigenvalue weighted by molar-refractivity contribution is 0.0483. The third kappa shape index (κ3) is 8.09. The highest BCUT2D eigenvalue weighted by molar-refractivity contribution is 5.35. The van der Waals surface area contributed by atoms with E-state index in [1.54, 1.807) is 7.11 Å². The Morgan fingerprint density at radius 3 is 2.65 bits per heavy atom. The minimum Gasteiger partial charge on any atom is -0.382 e. The van der Waals surface area contributed by atoms with Crippen molar-refractivity contribution >= 4 is 5.82 Å². The van der Waals surface area contributed by atoms with E-state index in [-0.39, 0.29) is 0 Å². The molecule has 20 heavy (non-hydrogen) atoms. The molecule has 1 heterocycles. The molecule has 1 rings (SSSR count). The molecular weight excluding hydrogens is 256 g/mol. The second-order valence-electron chi connectivity index (χ2n) is 4.49. The second kappa shape index (κ2) is 11.6. The van der Waals surface area contributed by atoms with Crippen LogP contribution < -0.4 is 5.32 Å². The largest absolute Gasteiger partial charge is 0.382 e. The van der Waals surface area contributed by atoms with E-state index in [9.17, 15) is 0 Å². The molecule has 0 bridgehead atoms. The maximum atomic E-state index is 5.58. The van der Waals surface area contributed by atoms with E-state index in [0.29, 0.717) is 33.0 Å². The summed E-state index contributed by atoms with van der Waals surface area (Å²) in [5, 5.41) is 3.24. The molecule has 0 spiro atoms. The van der Waals surface area contributed by atoms with Gasteiger partial charge in [-0.3, -0.25) is 0 Å². The first-order chi connectivity index (χ1) is 9.86. The van der Waals surface area contributed by atoms with Crippen LogP contribution in [0.5, 0.6) is 0 Å². The lowest BCUT2D eigenvalue weighted by atomic mass is 10.3. The number of aromatic nitrogens is 1. The quantitative estimate of drug-likeness (QED) is 0.597. The third-order valence-electron chi connectivity index (χ3n) is 2.66. The zero-order valence-corrected chi connectivity index (χ0v) is 12.6. The molecule has 0 radical (unpaired) electrons. The zero-order valence-electron chi connectivity index (χ0n) is 12.6. The molecule has 0 saturated heterocycles. The van der Waals surface area contributed by atoms with Gasteiger partial charge >= 0.3 is 0 Å². The van der Waals surface area contributed by atoms with Crippen LogP contribution in [-0.2, 0) is 20.8 Å². The van der Waals surface area contributed by atoms with Crippen molar-refractivity contribution in [2.24, 2.45) is 0 Å². The van der Waals surface area contributed by atoms with Crippen LogP contribution in [0.4, 0.5) is 5.82 Å². The van der Waals surface area contributed by atoms with Crippen LogP contribution in [0.15, 0.2) is 18.3 Å². The fourth-order valence-electron chi connectivity index (χ4n) is 1.56. The fourth-order valence-corrected chi connectivity index (χ4v) is 1.56. The Balaban J connectivity index is 2.04. The number of anilines is 1. The molecule has 5 heteroatoms. The molecule has 0 aliphatic carbocycles. The summed E-state index contributed by atoms with van der Waals surface area (Å²) in [7, 11) is 1.67. The van der Waals surface area contributed by atoms with Crippen LogP contribution in [0.3, 0.4) is 0 Å². The van der Waals surface area contributed by atoms with Crippen molar-refractivity contribution in [2.45, 2.75) is 26.4 Å². The smallest absolute Gasteiger partial charge is 0.125 e. The predicted octanol–water partition coefficient (Wildman–Crippen LogP) is 2.47. The Hall–Kier alpha value is -1.17. The van der Waals surface area contributed by atoms with Gasteiger partial charge in [-0.25, -0.2) is 4.98 Å². The van der Waals surface area contributed by atoms with E-state index in [0.717, 1.165) is 30.8 Å². The molecule has 0 saturated carbocycles. The molecule has 0 atom stereocenters. The summed E-state index contributed by atoms with van der Waals surface area (Å²) in [6, 6.07) is 4.03. The van der Waals surface area contributed by atoms with Crippen molar-refractivity contribution in [3.8, 4) is 0 Å². The number of pyridine rings is 1. The zero-order chi connectivity index (χ0) is 14.5. The van der Waals surface area contributed by atoms with Crippen molar-refractivity contribution in [2.75, 3.05) is 45.4 Å². The molecule has 0 aromatic carbocycles. The van der Waals surface area contributed by atoms with Crippen LogP contribution >= 0.6 is 0 Å². The van der Waals surface area contributed by atoms with Gasteiger partial charge in [0.1, 0.15) is 5.82 Å². The van der Waals surface area contributed by atoms with Gasteiger partial charge in [-0.2, -0.15) is 0 Å². The monoisotopic (exact) mass is 282 g/mol. The summed E-state index contributed by atoms with van der Waals surface area (Å²) in [6.45, 7) is 6.38. The molecule has 114 valence electrons. The topological polar surface area (TPSA) is 52.6 Å². The van der Waals surface area contributed by atoms with E-state index in [1.807, 2.05) is 18.3 Å². The third-order valence-corrected chi connectivity index (χ3v) is 2.66. The summed E-state index contributed by atoms with van der Waals surface area (Å²) in [4.78, 5) is 4.34. The van der Waals surface area contributed by atoms with Crippen molar-refractivity contribution in [1.29, 1.82) is 0 Å². The Morgan fingerprint density at radius 2 is 1.95 bits per heavy atom. The van der Waals surface area contributed by atoms with Crippen LogP contribution in [0.1, 0.15) is 25.3 Å². The Kier molecular flexibility index (Phi) is 9.83. The average molecular weight is 282 g/mol. The predicted molar refractivity (Wildman–Crippen MR) is 80.0 cm³/mol. The number of hydrogen-bond donors (Lipinski definition) is 1. The number of methoxy groups -OCH3 is 1. The first kappa shape index (κ1) is 16.9. The first-order valence-electron chi connectivity index (χ1n) is 7.20. The van der Waals surface area contributed by atoms with Gasteiger partial charge in [0.05, 0.1) is 19.8 Å². The van der Waals surface area contributed by atoms with Crippen LogP contribution in [0, 0.1) is 0 Å². The minimum absolute atomic E-state index is 0.596. The summed E-state index contributed by atoms with van der Waals surface area (Å²) in [6.07, 6.45) is 3.85.